The van der Waals surface area contributed by atoms with Crippen molar-refractivity contribution in [2.24, 2.45) is 5.10 Å². The molecule has 0 bridgehead atoms. The second kappa shape index (κ2) is 13.4. The molecule has 1 fully saturated rings. The van der Waals surface area contributed by atoms with Gasteiger partial charge in [0.15, 0.2) is 18.1 Å². The van der Waals surface area contributed by atoms with E-state index in [4.69, 9.17) is 14.2 Å². The van der Waals surface area contributed by atoms with Crippen LogP contribution in [0.25, 0.3) is 0 Å². The molecule has 0 radical (unpaired) electrons. The maximum Gasteiger partial charge on any atom is 0.329 e. The van der Waals surface area contributed by atoms with Crippen molar-refractivity contribution < 1.29 is 28.6 Å². The molecule has 2 aromatic rings. The summed E-state index contributed by atoms with van der Waals surface area (Å²) in [5.74, 6) is -1.25. The molecular formula is C24H27BrN4O6. The summed E-state index contributed by atoms with van der Waals surface area (Å²) < 4.78 is 17.3. The lowest BCUT2D eigenvalue weighted by molar-refractivity contribution is -0.139. The number of anilines is 1. The normalized spacial score (nSPS) is 15.0. The molecule has 3 rings (SSSR count). The number of hydrogen-bond donors (Lipinski definition) is 3. The summed E-state index contributed by atoms with van der Waals surface area (Å²) in [6.45, 7) is 2.90. The second-order valence-corrected chi connectivity index (χ2v) is 8.36. The zero-order valence-corrected chi connectivity index (χ0v) is 20.8. The zero-order valence-electron chi connectivity index (χ0n) is 19.2. The van der Waals surface area contributed by atoms with Crippen molar-refractivity contribution in [3.63, 3.8) is 0 Å². The number of halogens is 1. The first-order chi connectivity index (χ1) is 17.0. The third-order valence-electron chi connectivity index (χ3n) is 4.84. The fraction of sp³-hybridized carbons (Fsp3) is 0.333. The average Bonchev–Trinajstić information content (AvgIpc) is 3.36. The lowest BCUT2D eigenvalue weighted by atomic mass is 10.2. The topological polar surface area (TPSA) is 127 Å². The van der Waals surface area contributed by atoms with E-state index in [9.17, 15) is 14.4 Å². The number of carbonyl (C=O) groups excluding carboxylic acids is 3. The van der Waals surface area contributed by atoms with Gasteiger partial charge in [-0.05, 0) is 65.5 Å². The number of benzene rings is 2. The molecule has 3 N–H and O–H groups in total. The van der Waals surface area contributed by atoms with Crippen LogP contribution in [-0.2, 0) is 19.1 Å². The van der Waals surface area contributed by atoms with Crippen LogP contribution in [0.3, 0.4) is 0 Å². The maximum atomic E-state index is 12.2. The van der Waals surface area contributed by atoms with Gasteiger partial charge in [-0.3, -0.25) is 14.4 Å². The molecule has 0 unspecified atom stereocenters. The first kappa shape index (κ1) is 26.2. The molecule has 10 nitrogen and oxygen atoms in total. The molecule has 11 heteroatoms. The van der Waals surface area contributed by atoms with Crippen LogP contribution in [-0.4, -0.2) is 56.4 Å². The Kier molecular flexibility index (Phi) is 10.1. The Labute approximate surface area is 211 Å². The molecule has 1 atom stereocenters. The number of rotatable bonds is 10. The summed E-state index contributed by atoms with van der Waals surface area (Å²) in [6.07, 6.45) is 3.11. The van der Waals surface area contributed by atoms with Gasteiger partial charge in [-0.25, -0.2) is 5.43 Å². The minimum absolute atomic E-state index is 0.0604. The molecule has 1 heterocycles. The largest absolute Gasteiger partial charge is 0.490 e. The molecular weight excluding hydrogens is 520 g/mol. The lowest BCUT2D eigenvalue weighted by Gasteiger charge is -2.14. The van der Waals surface area contributed by atoms with Crippen LogP contribution in [0.5, 0.6) is 11.5 Å². The van der Waals surface area contributed by atoms with Gasteiger partial charge in [-0.1, -0.05) is 18.2 Å². The van der Waals surface area contributed by atoms with Crippen LogP contribution in [0, 0.1) is 0 Å². The number of amides is 3. The van der Waals surface area contributed by atoms with E-state index >= 15 is 0 Å². The van der Waals surface area contributed by atoms with E-state index in [1.165, 1.54) is 6.21 Å². The van der Waals surface area contributed by atoms with Gasteiger partial charge in [0.1, 0.15) is 0 Å². The van der Waals surface area contributed by atoms with Crippen molar-refractivity contribution in [3.8, 4) is 11.5 Å². The highest BCUT2D eigenvalue weighted by Gasteiger charge is 2.19. The van der Waals surface area contributed by atoms with Gasteiger partial charge < -0.3 is 24.8 Å². The summed E-state index contributed by atoms with van der Waals surface area (Å²) in [5, 5.41) is 9.11. The highest BCUT2D eigenvalue weighted by atomic mass is 79.9. The number of nitrogens with one attached hydrogen (secondary N) is 3. The fourth-order valence-corrected chi connectivity index (χ4v) is 3.80. The Morgan fingerprint density at radius 3 is 2.69 bits per heavy atom. The second-order valence-electron chi connectivity index (χ2n) is 7.51. The van der Waals surface area contributed by atoms with Gasteiger partial charge in [0.25, 0.3) is 5.91 Å². The van der Waals surface area contributed by atoms with Crippen molar-refractivity contribution in [3.05, 3.63) is 52.5 Å². The highest BCUT2D eigenvalue weighted by Crippen LogP contribution is 2.36. The molecule has 1 aliphatic heterocycles. The van der Waals surface area contributed by atoms with E-state index in [0.29, 0.717) is 40.4 Å². The van der Waals surface area contributed by atoms with Crippen molar-refractivity contribution in [1.82, 2.24) is 10.7 Å². The molecule has 1 saturated heterocycles. The van der Waals surface area contributed by atoms with Gasteiger partial charge in [0.05, 0.1) is 23.4 Å². The zero-order chi connectivity index (χ0) is 25.0. The van der Waals surface area contributed by atoms with Crippen LogP contribution in [0.4, 0.5) is 5.69 Å². The standard InChI is InChI=1S/C24H27BrN4O6/c1-2-33-20-12-16(13-27-29-24(32)23(31)26-14-18-9-6-10-34-18)11-19(25)22(20)35-15-21(30)28-17-7-4-3-5-8-17/h3-5,7-8,11-13,18H,2,6,9-10,14-15H2,1H3,(H,26,31)(H,28,30)(H,29,32)/b27-13-/t18-/m0/s1. The van der Waals surface area contributed by atoms with Crippen LogP contribution in [0.15, 0.2) is 52.0 Å². The van der Waals surface area contributed by atoms with Crippen LogP contribution >= 0.6 is 15.9 Å². The summed E-state index contributed by atoms with van der Waals surface area (Å²) in [4.78, 5) is 36.1. The quantitative estimate of drug-likeness (QED) is 0.239. The predicted octanol–water partition coefficient (Wildman–Crippen LogP) is 2.61. The summed E-state index contributed by atoms with van der Waals surface area (Å²) in [6, 6.07) is 12.4. The van der Waals surface area contributed by atoms with Gasteiger partial charge in [-0.2, -0.15) is 5.10 Å². The Hall–Kier alpha value is -3.44. The Morgan fingerprint density at radius 1 is 1.17 bits per heavy atom. The van der Waals surface area contributed by atoms with Crippen molar-refractivity contribution >= 4 is 45.6 Å². The van der Waals surface area contributed by atoms with Crippen molar-refractivity contribution in [1.29, 1.82) is 0 Å². The van der Waals surface area contributed by atoms with E-state index in [2.05, 4.69) is 37.1 Å². The number of hydrogen-bond acceptors (Lipinski definition) is 7. The van der Waals surface area contributed by atoms with Crippen molar-refractivity contribution in [2.75, 3.05) is 31.7 Å². The molecule has 0 aromatic heterocycles. The van der Waals surface area contributed by atoms with Gasteiger partial charge in [-0.15, -0.1) is 0 Å². The van der Waals surface area contributed by atoms with Crippen molar-refractivity contribution in [2.45, 2.75) is 25.9 Å². The lowest BCUT2D eigenvalue weighted by Crippen LogP contribution is -2.41. The van der Waals surface area contributed by atoms with E-state index < -0.39 is 11.8 Å². The smallest absolute Gasteiger partial charge is 0.329 e. The van der Waals surface area contributed by atoms with Crippen LogP contribution in [0.2, 0.25) is 0 Å². The van der Waals surface area contributed by atoms with E-state index in [0.717, 1.165) is 12.8 Å². The molecule has 1 aliphatic rings. The van der Waals surface area contributed by atoms with Gasteiger partial charge in [0.2, 0.25) is 0 Å². The fourth-order valence-electron chi connectivity index (χ4n) is 3.23. The van der Waals surface area contributed by atoms with Crippen LogP contribution in [0.1, 0.15) is 25.3 Å². The maximum absolute atomic E-state index is 12.2. The highest BCUT2D eigenvalue weighted by molar-refractivity contribution is 9.10. The monoisotopic (exact) mass is 546 g/mol. The third kappa shape index (κ3) is 8.37. The number of nitrogens with zero attached hydrogens (tertiary/aromatic N) is 1. The van der Waals surface area contributed by atoms with E-state index in [1.54, 1.807) is 24.3 Å². The number of para-hydroxylation sites is 1. The summed E-state index contributed by atoms with van der Waals surface area (Å²) in [7, 11) is 0. The first-order valence-electron chi connectivity index (χ1n) is 11.1. The number of ether oxygens (including phenoxy) is 3. The van der Waals surface area contributed by atoms with Crippen LogP contribution < -0.4 is 25.5 Å². The predicted molar refractivity (Wildman–Crippen MR) is 134 cm³/mol. The molecule has 186 valence electrons. The third-order valence-corrected chi connectivity index (χ3v) is 5.43. The van der Waals surface area contributed by atoms with Gasteiger partial charge >= 0.3 is 11.8 Å². The Morgan fingerprint density at radius 2 is 1.97 bits per heavy atom. The molecule has 0 spiro atoms. The molecule has 35 heavy (non-hydrogen) atoms. The Bertz CT molecular complexity index is 1060. The first-order valence-corrected chi connectivity index (χ1v) is 11.9. The van der Waals surface area contributed by atoms with Gasteiger partial charge in [0, 0.05) is 18.8 Å². The minimum atomic E-state index is -0.882. The molecule has 3 amide bonds. The molecule has 0 aliphatic carbocycles. The van der Waals surface area contributed by atoms with E-state index in [1.807, 2.05) is 25.1 Å². The summed E-state index contributed by atoms with van der Waals surface area (Å²) >= 11 is 3.42. The number of hydrazone groups is 1. The number of carbonyl (C=O) groups is 3. The SMILES string of the molecule is CCOc1cc(/C=N\NC(=O)C(=O)NC[C@@H]2CCCO2)cc(Br)c1OCC(=O)Nc1ccccc1. The summed E-state index contributed by atoms with van der Waals surface area (Å²) in [5.41, 5.74) is 3.43. The van der Waals surface area contributed by atoms with E-state index in [-0.39, 0.29) is 25.2 Å². The molecule has 0 saturated carbocycles. The average molecular weight is 547 g/mol. The minimum Gasteiger partial charge on any atom is -0.490 e. The Balaban J connectivity index is 1.55. The molecule has 2 aromatic carbocycles.